The van der Waals surface area contributed by atoms with Gasteiger partial charge in [0.05, 0.1) is 5.75 Å². The number of hydrogen-bond acceptors (Lipinski definition) is 5. The van der Waals surface area contributed by atoms with Crippen molar-refractivity contribution in [1.29, 1.82) is 0 Å². The van der Waals surface area contributed by atoms with E-state index < -0.39 is 0 Å². The Morgan fingerprint density at radius 2 is 1.82 bits per heavy atom. The number of benzene rings is 2. The van der Waals surface area contributed by atoms with Crippen LogP contribution in [0.2, 0.25) is 0 Å². The van der Waals surface area contributed by atoms with Gasteiger partial charge in [0.15, 0.2) is 0 Å². The predicted molar refractivity (Wildman–Crippen MR) is 114 cm³/mol. The predicted octanol–water partition coefficient (Wildman–Crippen LogP) is 2.40. The van der Waals surface area contributed by atoms with Gasteiger partial charge in [-0.3, -0.25) is 9.59 Å². The summed E-state index contributed by atoms with van der Waals surface area (Å²) in [5, 5.41) is 5.84. The first-order chi connectivity index (χ1) is 13.4. The van der Waals surface area contributed by atoms with E-state index in [-0.39, 0.29) is 29.1 Å². The van der Waals surface area contributed by atoms with Gasteiger partial charge in [0, 0.05) is 5.69 Å². The van der Waals surface area contributed by atoms with Crippen molar-refractivity contribution in [1.82, 2.24) is 16.2 Å². The highest BCUT2D eigenvalue weighted by atomic mass is 32.2. The summed E-state index contributed by atoms with van der Waals surface area (Å²) in [7, 11) is 0. The van der Waals surface area contributed by atoms with E-state index >= 15 is 0 Å². The van der Waals surface area contributed by atoms with Crippen molar-refractivity contribution in [3.8, 4) is 0 Å². The molecule has 1 saturated heterocycles. The third-order valence-corrected chi connectivity index (χ3v) is 5.80. The molecule has 1 aliphatic heterocycles. The van der Waals surface area contributed by atoms with Gasteiger partial charge in [-0.25, -0.2) is 10.9 Å². The third kappa shape index (κ3) is 5.34. The van der Waals surface area contributed by atoms with E-state index in [1.54, 1.807) is 0 Å². The average Bonchev–Trinajstić information content (AvgIpc) is 2.67. The summed E-state index contributed by atoms with van der Waals surface area (Å²) >= 11 is 1.33. The van der Waals surface area contributed by atoms with Crippen LogP contribution in [-0.4, -0.2) is 29.1 Å². The van der Waals surface area contributed by atoms with Crippen LogP contribution in [0.25, 0.3) is 0 Å². The van der Waals surface area contributed by atoms with E-state index in [4.69, 9.17) is 0 Å². The minimum Gasteiger partial charge on any atom is -0.329 e. The number of nitrogens with one attached hydrogen (secondary N) is 4. The zero-order chi connectivity index (χ0) is 20.1. The lowest BCUT2D eigenvalue weighted by Gasteiger charge is -2.31. The molecule has 2 aromatic rings. The van der Waals surface area contributed by atoms with Gasteiger partial charge in [-0.2, -0.15) is 0 Å². The molecule has 0 spiro atoms. The molecule has 1 aliphatic rings. The lowest BCUT2D eigenvalue weighted by molar-refractivity contribution is -0.125. The van der Waals surface area contributed by atoms with Crippen molar-refractivity contribution < 1.29 is 9.59 Å². The van der Waals surface area contributed by atoms with E-state index in [0.717, 1.165) is 22.4 Å². The standard InChI is InChI=1S/C21H26N4O2S/c1-13-7-9-16(10-8-13)11-18-20(27)23-21(25-24-18)28-12-19(26)22-17-6-4-5-14(2)15(17)3/h4-10,18,21,24-25H,11-12H2,1-3H3,(H,22,26)(H,23,27). The summed E-state index contributed by atoms with van der Waals surface area (Å²) in [6.07, 6.45) is 0.601. The largest absolute Gasteiger partial charge is 0.329 e. The molecule has 0 aliphatic carbocycles. The molecule has 2 unspecified atom stereocenters. The van der Waals surface area contributed by atoms with Crippen LogP contribution in [-0.2, 0) is 16.0 Å². The number of hydrazine groups is 1. The highest BCUT2D eigenvalue weighted by Crippen LogP contribution is 2.19. The molecular formula is C21H26N4O2S. The molecule has 1 fully saturated rings. The van der Waals surface area contributed by atoms with E-state index in [1.807, 2.05) is 63.2 Å². The molecule has 3 rings (SSSR count). The fourth-order valence-electron chi connectivity index (χ4n) is 2.93. The zero-order valence-electron chi connectivity index (χ0n) is 16.3. The van der Waals surface area contributed by atoms with Gasteiger partial charge in [-0.05, 0) is 49.9 Å². The molecule has 0 aromatic heterocycles. The Morgan fingerprint density at radius 1 is 1.07 bits per heavy atom. The maximum atomic E-state index is 12.4. The summed E-state index contributed by atoms with van der Waals surface area (Å²) < 4.78 is 0. The first-order valence-corrected chi connectivity index (χ1v) is 10.3. The van der Waals surface area contributed by atoms with Crippen LogP contribution in [0.5, 0.6) is 0 Å². The summed E-state index contributed by atoms with van der Waals surface area (Å²) in [6.45, 7) is 6.04. The smallest absolute Gasteiger partial charge is 0.240 e. The fourth-order valence-corrected chi connectivity index (χ4v) is 3.67. The molecular weight excluding hydrogens is 372 g/mol. The number of amides is 2. The summed E-state index contributed by atoms with van der Waals surface area (Å²) in [5.74, 6) is 0.0543. The molecule has 2 amide bonds. The summed E-state index contributed by atoms with van der Waals surface area (Å²) in [4.78, 5) is 24.6. The van der Waals surface area contributed by atoms with Crippen LogP contribution in [0.1, 0.15) is 22.3 Å². The minimum absolute atomic E-state index is 0.0771. The van der Waals surface area contributed by atoms with Crippen molar-refractivity contribution in [2.24, 2.45) is 0 Å². The number of carbonyl (C=O) groups is 2. The summed E-state index contributed by atoms with van der Waals surface area (Å²) in [6, 6.07) is 13.6. The Labute approximate surface area is 169 Å². The molecule has 2 aromatic carbocycles. The Kier molecular flexibility index (Phi) is 6.72. The number of rotatable bonds is 6. The second-order valence-electron chi connectivity index (χ2n) is 7.03. The van der Waals surface area contributed by atoms with Gasteiger partial charge >= 0.3 is 0 Å². The highest BCUT2D eigenvalue weighted by molar-refractivity contribution is 8.00. The van der Waals surface area contributed by atoms with Gasteiger partial charge in [0.1, 0.15) is 11.5 Å². The number of aryl methyl sites for hydroxylation is 2. The van der Waals surface area contributed by atoms with Crippen molar-refractivity contribution in [3.63, 3.8) is 0 Å². The SMILES string of the molecule is Cc1ccc(CC2NNC(SCC(=O)Nc3cccc(C)c3C)NC2=O)cc1. The zero-order valence-corrected chi connectivity index (χ0v) is 17.2. The third-order valence-electron chi connectivity index (χ3n) is 4.80. The van der Waals surface area contributed by atoms with Gasteiger partial charge < -0.3 is 10.6 Å². The Hall–Kier alpha value is -2.35. The Balaban J connectivity index is 1.45. The quantitative estimate of drug-likeness (QED) is 0.601. The summed E-state index contributed by atoms with van der Waals surface area (Å²) in [5.41, 5.74) is 11.1. The fraction of sp³-hybridized carbons (Fsp3) is 0.333. The van der Waals surface area contributed by atoms with Crippen LogP contribution in [0.4, 0.5) is 5.69 Å². The molecule has 2 atom stereocenters. The molecule has 4 N–H and O–H groups in total. The van der Waals surface area contributed by atoms with Crippen molar-refractivity contribution in [2.45, 2.75) is 38.7 Å². The van der Waals surface area contributed by atoms with Crippen LogP contribution in [0.15, 0.2) is 42.5 Å². The van der Waals surface area contributed by atoms with Crippen LogP contribution >= 0.6 is 11.8 Å². The normalized spacial score (nSPS) is 19.2. The van der Waals surface area contributed by atoms with Gasteiger partial charge in [0.2, 0.25) is 11.8 Å². The van der Waals surface area contributed by atoms with Crippen LogP contribution in [0.3, 0.4) is 0 Å². The minimum atomic E-state index is -0.355. The van der Waals surface area contributed by atoms with E-state index in [9.17, 15) is 9.59 Å². The van der Waals surface area contributed by atoms with E-state index in [1.165, 1.54) is 17.3 Å². The average molecular weight is 399 g/mol. The van der Waals surface area contributed by atoms with Gasteiger partial charge in [-0.15, -0.1) is 11.8 Å². The number of anilines is 1. The van der Waals surface area contributed by atoms with Crippen molar-refractivity contribution in [3.05, 3.63) is 64.7 Å². The van der Waals surface area contributed by atoms with E-state index in [2.05, 4.69) is 21.5 Å². The highest BCUT2D eigenvalue weighted by Gasteiger charge is 2.27. The van der Waals surface area contributed by atoms with Crippen molar-refractivity contribution >= 4 is 29.3 Å². The molecule has 7 heteroatoms. The maximum Gasteiger partial charge on any atom is 0.240 e. The van der Waals surface area contributed by atoms with E-state index in [0.29, 0.717) is 6.42 Å². The Morgan fingerprint density at radius 3 is 2.54 bits per heavy atom. The van der Waals surface area contributed by atoms with Crippen molar-refractivity contribution in [2.75, 3.05) is 11.1 Å². The maximum absolute atomic E-state index is 12.4. The molecule has 0 radical (unpaired) electrons. The molecule has 28 heavy (non-hydrogen) atoms. The number of carbonyl (C=O) groups excluding carboxylic acids is 2. The Bertz CT molecular complexity index is 854. The second-order valence-corrected chi connectivity index (χ2v) is 8.12. The number of hydrogen-bond donors (Lipinski definition) is 4. The van der Waals surface area contributed by atoms with Crippen LogP contribution < -0.4 is 21.5 Å². The molecule has 148 valence electrons. The molecule has 6 nitrogen and oxygen atoms in total. The second kappa shape index (κ2) is 9.23. The first kappa shape index (κ1) is 20.4. The lowest BCUT2D eigenvalue weighted by atomic mass is 10.0. The first-order valence-electron chi connectivity index (χ1n) is 9.27. The molecule has 1 heterocycles. The molecule has 0 saturated carbocycles. The van der Waals surface area contributed by atoms with Gasteiger partial charge in [0.25, 0.3) is 0 Å². The van der Waals surface area contributed by atoms with Gasteiger partial charge in [-0.1, -0.05) is 42.0 Å². The monoisotopic (exact) mass is 398 g/mol. The lowest BCUT2D eigenvalue weighted by Crippen LogP contribution is -2.64. The molecule has 0 bridgehead atoms. The number of thioether (sulfide) groups is 1. The van der Waals surface area contributed by atoms with Crippen LogP contribution in [0, 0.1) is 20.8 Å². The topological polar surface area (TPSA) is 82.3 Å².